The molecule has 3 amide bonds. The number of hydrogen-bond acceptors (Lipinski definition) is 7. The molecule has 0 saturated heterocycles. The van der Waals surface area contributed by atoms with Crippen LogP contribution in [0.4, 0.5) is 15.5 Å². The summed E-state index contributed by atoms with van der Waals surface area (Å²) in [6, 6.07) is 6.14. The van der Waals surface area contributed by atoms with E-state index in [0.717, 1.165) is 11.5 Å². The van der Waals surface area contributed by atoms with E-state index in [9.17, 15) is 9.59 Å². The van der Waals surface area contributed by atoms with E-state index in [2.05, 4.69) is 15.0 Å². The minimum absolute atomic E-state index is 0.141. The van der Waals surface area contributed by atoms with Gasteiger partial charge in [-0.2, -0.15) is 4.37 Å². The second-order valence-electron chi connectivity index (χ2n) is 5.02. The molecule has 1 heterocycles. The van der Waals surface area contributed by atoms with Gasteiger partial charge in [-0.25, -0.2) is 4.79 Å². The maximum Gasteiger partial charge on any atom is 0.319 e. The highest BCUT2D eigenvalue weighted by molar-refractivity contribution is 7.11. The van der Waals surface area contributed by atoms with Crippen molar-refractivity contribution in [2.45, 2.75) is 6.42 Å². The summed E-state index contributed by atoms with van der Waals surface area (Å²) in [4.78, 5) is 23.7. The fourth-order valence-electron chi connectivity index (χ4n) is 2.07. The van der Waals surface area contributed by atoms with Crippen molar-refractivity contribution in [3.8, 4) is 11.3 Å². The van der Waals surface area contributed by atoms with Crippen molar-refractivity contribution < 1.29 is 19.5 Å². The Hall–Kier alpha value is -2.69. The first kappa shape index (κ1) is 18.6. The lowest BCUT2D eigenvalue weighted by atomic mass is 10.1. The van der Waals surface area contributed by atoms with Gasteiger partial charge in [0.2, 0.25) is 0 Å². The lowest BCUT2D eigenvalue weighted by Gasteiger charge is -2.07. The number of benzene rings is 1. The van der Waals surface area contributed by atoms with Gasteiger partial charge in [-0.15, -0.1) is 0 Å². The molecule has 1 aromatic carbocycles. The molecule has 0 unspecified atom stereocenters. The molecule has 0 radical (unpaired) electrons. The molecule has 0 atom stereocenters. The Morgan fingerprint density at radius 1 is 1.32 bits per heavy atom. The van der Waals surface area contributed by atoms with Crippen LogP contribution in [-0.4, -0.2) is 41.8 Å². The van der Waals surface area contributed by atoms with Gasteiger partial charge in [0.05, 0.1) is 11.4 Å². The second-order valence-corrected chi connectivity index (χ2v) is 5.79. The largest absolute Gasteiger partial charge is 0.385 e. The van der Waals surface area contributed by atoms with Crippen molar-refractivity contribution in [2.24, 2.45) is 5.73 Å². The maximum atomic E-state index is 11.9. The predicted octanol–water partition coefficient (Wildman–Crippen LogP) is 1.87. The van der Waals surface area contributed by atoms with Crippen LogP contribution in [-0.2, 0) is 4.74 Å². The van der Waals surface area contributed by atoms with Crippen LogP contribution in [0.25, 0.3) is 11.3 Å². The first-order valence-electron chi connectivity index (χ1n) is 7.40. The van der Waals surface area contributed by atoms with Crippen molar-refractivity contribution in [2.75, 3.05) is 31.1 Å². The van der Waals surface area contributed by atoms with Crippen molar-refractivity contribution in [1.29, 1.82) is 0 Å². The summed E-state index contributed by atoms with van der Waals surface area (Å²) in [6.07, 6.45) is 0.672. The zero-order valence-corrected chi connectivity index (χ0v) is 14.4. The number of primary amides is 1. The number of ether oxygens (including phenoxy) is 1. The number of hydrogen-bond donors (Lipinski definition) is 5. The molecule has 2 aromatic rings. The van der Waals surface area contributed by atoms with Crippen LogP contribution in [0.3, 0.4) is 0 Å². The SMILES string of the molecule is COCCCNC(=O)Nc1snc(-c2ccc(NO)cc2)c1C(N)=O. The highest BCUT2D eigenvalue weighted by Gasteiger charge is 2.21. The molecule has 25 heavy (non-hydrogen) atoms. The second kappa shape index (κ2) is 8.97. The molecule has 10 heteroatoms. The molecule has 9 nitrogen and oxygen atoms in total. The molecule has 0 fully saturated rings. The van der Waals surface area contributed by atoms with E-state index in [1.165, 1.54) is 0 Å². The molecular weight excluding hydrogens is 346 g/mol. The van der Waals surface area contributed by atoms with Gasteiger partial charge in [0.15, 0.2) is 0 Å². The number of amides is 3. The Bertz CT molecular complexity index is 732. The predicted molar refractivity (Wildman–Crippen MR) is 95.0 cm³/mol. The highest BCUT2D eigenvalue weighted by atomic mass is 32.1. The quantitative estimate of drug-likeness (QED) is 0.357. The van der Waals surface area contributed by atoms with E-state index in [4.69, 9.17) is 15.7 Å². The standard InChI is InChI=1S/C15H19N5O4S/c1-24-8-2-7-17-15(22)18-14-11(13(16)21)12(20-25-14)9-3-5-10(19-23)6-4-9/h3-6,19,23H,2,7-8H2,1H3,(H2,16,21)(H2,17,18,22). The Morgan fingerprint density at radius 3 is 2.64 bits per heavy atom. The lowest BCUT2D eigenvalue weighted by molar-refractivity contribution is 0.100. The van der Waals surface area contributed by atoms with Gasteiger partial charge < -0.3 is 15.8 Å². The summed E-state index contributed by atoms with van der Waals surface area (Å²) >= 11 is 0.969. The third-order valence-corrected chi connectivity index (χ3v) is 4.03. The lowest BCUT2D eigenvalue weighted by Crippen LogP contribution is -2.30. The van der Waals surface area contributed by atoms with Crippen LogP contribution in [0, 0.1) is 0 Å². The molecule has 0 bridgehead atoms. The molecule has 0 aliphatic rings. The number of nitrogens with zero attached hydrogens (tertiary/aromatic N) is 1. The number of methoxy groups -OCH3 is 1. The Labute approximate surface area is 148 Å². The van der Waals surface area contributed by atoms with Crippen molar-refractivity contribution in [1.82, 2.24) is 9.69 Å². The van der Waals surface area contributed by atoms with E-state index in [1.54, 1.807) is 31.4 Å². The van der Waals surface area contributed by atoms with Gasteiger partial charge in [0.1, 0.15) is 10.6 Å². The van der Waals surface area contributed by atoms with E-state index >= 15 is 0 Å². The smallest absolute Gasteiger partial charge is 0.319 e. The topological polar surface area (TPSA) is 139 Å². The minimum Gasteiger partial charge on any atom is -0.385 e. The van der Waals surface area contributed by atoms with Crippen molar-refractivity contribution >= 4 is 34.2 Å². The number of nitrogens with two attached hydrogens (primary N) is 1. The zero-order valence-electron chi connectivity index (χ0n) is 13.5. The summed E-state index contributed by atoms with van der Waals surface area (Å²) in [5, 5.41) is 14.4. The summed E-state index contributed by atoms with van der Waals surface area (Å²) in [7, 11) is 1.58. The number of aromatic nitrogens is 1. The van der Waals surface area contributed by atoms with Crippen LogP contribution in [0.5, 0.6) is 0 Å². The average molecular weight is 365 g/mol. The van der Waals surface area contributed by atoms with Gasteiger partial charge in [0.25, 0.3) is 5.91 Å². The molecular formula is C15H19N5O4S. The number of anilines is 2. The van der Waals surface area contributed by atoms with E-state index < -0.39 is 11.9 Å². The summed E-state index contributed by atoms with van der Waals surface area (Å²) < 4.78 is 9.12. The third-order valence-electron chi connectivity index (χ3n) is 3.26. The molecule has 134 valence electrons. The summed E-state index contributed by atoms with van der Waals surface area (Å²) in [6.45, 7) is 0.975. The molecule has 1 aromatic heterocycles. The fraction of sp³-hybridized carbons (Fsp3) is 0.267. The van der Waals surface area contributed by atoms with Crippen molar-refractivity contribution in [3.63, 3.8) is 0 Å². The number of nitrogens with one attached hydrogen (secondary N) is 3. The number of urea groups is 1. The molecule has 0 aliphatic carbocycles. The van der Waals surface area contributed by atoms with Crippen LogP contribution in [0.1, 0.15) is 16.8 Å². The third kappa shape index (κ3) is 4.89. The Kier molecular flexibility index (Phi) is 6.69. The van der Waals surface area contributed by atoms with Gasteiger partial charge in [-0.3, -0.25) is 20.8 Å². The molecule has 6 N–H and O–H groups in total. The van der Waals surface area contributed by atoms with E-state index in [1.807, 2.05) is 5.48 Å². The first-order valence-corrected chi connectivity index (χ1v) is 8.18. The fourth-order valence-corrected chi connectivity index (χ4v) is 2.88. The molecule has 2 rings (SSSR count). The first-order chi connectivity index (χ1) is 12.1. The average Bonchev–Trinajstić information content (AvgIpc) is 3.02. The van der Waals surface area contributed by atoms with Crippen LogP contribution in [0.15, 0.2) is 24.3 Å². The molecule has 0 saturated carbocycles. The van der Waals surface area contributed by atoms with Gasteiger partial charge in [0, 0.05) is 25.8 Å². The number of carbonyl (C=O) groups excluding carboxylic acids is 2. The number of rotatable bonds is 8. The van der Waals surface area contributed by atoms with E-state index in [-0.39, 0.29) is 10.6 Å². The van der Waals surface area contributed by atoms with Crippen LogP contribution >= 0.6 is 11.5 Å². The van der Waals surface area contributed by atoms with E-state index in [0.29, 0.717) is 36.5 Å². The maximum absolute atomic E-state index is 11.9. The summed E-state index contributed by atoms with van der Waals surface area (Å²) in [5.41, 5.74) is 9.12. The number of carbonyl (C=O) groups is 2. The van der Waals surface area contributed by atoms with Crippen LogP contribution in [0.2, 0.25) is 0 Å². The minimum atomic E-state index is -0.692. The van der Waals surface area contributed by atoms with Gasteiger partial charge >= 0.3 is 6.03 Å². The molecule has 0 spiro atoms. The van der Waals surface area contributed by atoms with Crippen LogP contribution < -0.4 is 21.8 Å². The normalized spacial score (nSPS) is 10.3. The van der Waals surface area contributed by atoms with Gasteiger partial charge in [-0.1, -0.05) is 12.1 Å². The van der Waals surface area contributed by atoms with Gasteiger partial charge in [-0.05, 0) is 30.1 Å². The Balaban J connectivity index is 2.15. The Morgan fingerprint density at radius 2 is 2.04 bits per heavy atom. The molecule has 0 aliphatic heterocycles. The summed E-state index contributed by atoms with van der Waals surface area (Å²) in [5.74, 6) is -0.692. The van der Waals surface area contributed by atoms with Crippen molar-refractivity contribution in [3.05, 3.63) is 29.8 Å². The monoisotopic (exact) mass is 365 g/mol. The highest BCUT2D eigenvalue weighted by Crippen LogP contribution is 2.32. The zero-order chi connectivity index (χ0) is 18.2.